The van der Waals surface area contributed by atoms with Gasteiger partial charge in [-0.15, -0.1) is 0 Å². The minimum atomic E-state index is 0.298. The molecule has 2 aliphatic heterocycles. The number of nitrogens with zero attached hydrogens (tertiary/aromatic N) is 1. The highest BCUT2D eigenvalue weighted by Crippen LogP contribution is 2.33. The van der Waals surface area contributed by atoms with Crippen LogP contribution in [0.25, 0.3) is 0 Å². The van der Waals surface area contributed by atoms with Crippen LogP contribution in [0, 0.1) is 0 Å². The van der Waals surface area contributed by atoms with Crippen molar-refractivity contribution >= 4 is 0 Å². The molecule has 0 amide bonds. The predicted octanol–water partition coefficient (Wildman–Crippen LogP) is 2.59. The van der Waals surface area contributed by atoms with E-state index in [-0.39, 0.29) is 0 Å². The molecule has 0 aromatic heterocycles. The Morgan fingerprint density at radius 2 is 1.90 bits per heavy atom. The normalized spacial score (nSPS) is 31.1. The second-order valence-electron chi connectivity index (χ2n) is 6.48. The smallest absolute Gasteiger partial charge is 0.0483 e. The van der Waals surface area contributed by atoms with Crippen molar-refractivity contribution in [1.82, 2.24) is 10.2 Å². The van der Waals surface area contributed by atoms with Crippen molar-refractivity contribution < 1.29 is 4.74 Å². The summed E-state index contributed by atoms with van der Waals surface area (Å²) in [6.07, 6.45) is 2.30. The van der Waals surface area contributed by atoms with E-state index < -0.39 is 0 Å². The highest BCUT2D eigenvalue weighted by atomic mass is 16.5. The lowest BCUT2D eigenvalue weighted by Crippen LogP contribution is -2.61. The maximum Gasteiger partial charge on any atom is 0.0483 e. The lowest BCUT2D eigenvalue weighted by molar-refractivity contribution is -0.0499. The Morgan fingerprint density at radius 1 is 1.20 bits per heavy atom. The zero-order valence-corrected chi connectivity index (χ0v) is 12.6. The fourth-order valence-corrected chi connectivity index (χ4v) is 3.62. The molecule has 0 bridgehead atoms. The molecule has 3 nitrogen and oxygen atoms in total. The van der Waals surface area contributed by atoms with Crippen LogP contribution in [0.1, 0.15) is 38.3 Å². The summed E-state index contributed by atoms with van der Waals surface area (Å²) in [6, 6.07) is 11.9. The summed E-state index contributed by atoms with van der Waals surface area (Å²) >= 11 is 0. The summed E-state index contributed by atoms with van der Waals surface area (Å²) in [5, 5.41) is 3.70. The van der Waals surface area contributed by atoms with Crippen LogP contribution in [0.3, 0.4) is 0 Å². The topological polar surface area (TPSA) is 24.5 Å². The van der Waals surface area contributed by atoms with Crippen LogP contribution in [0.5, 0.6) is 0 Å². The molecule has 1 aromatic carbocycles. The second kappa shape index (κ2) is 5.84. The Bertz CT molecular complexity index is 428. The van der Waals surface area contributed by atoms with Gasteiger partial charge in [0.1, 0.15) is 0 Å². The largest absolute Gasteiger partial charge is 0.381 e. The lowest BCUT2D eigenvalue weighted by Gasteiger charge is -2.51. The van der Waals surface area contributed by atoms with Gasteiger partial charge < -0.3 is 10.1 Å². The van der Waals surface area contributed by atoms with Crippen molar-refractivity contribution in [2.75, 3.05) is 26.3 Å². The van der Waals surface area contributed by atoms with Crippen molar-refractivity contribution in [2.24, 2.45) is 0 Å². The number of nitrogens with one attached hydrogen (secondary N) is 1. The van der Waals surface area contributed by atoms with Gasteiger partial charge in [0.2, 0.25) is 0 Å². The van der Waals surface area contributed by atoms with E-state index in [4.69, 9.17) is 4.74 Å². The molecule has 110 valence electrons. The Kier molecular flexibility index (Phi) is 4.11. The molecule has 2 atom stereocenters. The van der Waals surface area contributed by atoms with Gasteiger partial charge in [-0.05, 0) is 32.3 Å². The SMILES string of the molecule is CC1CNC(c2ccccc2)CN1C1(C)CCOCC1. The van der Waals surface area contributed by atoms with E-state index in [1.165, 1.54) is 5.56 Å². The van der Waals surface area contributed by atoms with Crippen LogP contribution in [0.4, 0.5) is 0 Å². The van der Waals surface area contributed by atoms with E-state index in [0.29, 0.717) is 17.6 Å². The Balaban J connectivity index is 1.76. The van der Waals surface area contributed by atoms with Crippen molar-refractivity contribution in [3.8, 4) is 0 Å². The maximum atomic E-state index is 5.56. The van der Waals surface area contributed by atoms with Crippen LogP contribution in [-0.2, 0) is 4.74 Å². The van der Waals surface area contributed by atoms with Gasteiger partial charge >= 0.3 is 0 Å². The molecule has 2 aliphatic rings. The summed E-state index contributed by atoms with van der Waals surface area (Å²) in [5.41, 5.74) is 1.70. The van der Waals surface area contributed by atoms with Gasteiger partial charge in [0.05, 0.1) is 0 Å². The highest BCUT2D eigenvalue weighted by Gasteiger charge is 2.39. The Labute approximate surface area is 122 Å². The molecular weight excluding hydrogens is 248 g/mol. The van der Waals surface area contributed by atoms with Crippen LogP contribution < -0.4 is 5.32 Å². The van der Waals surface area contributed by atoms with Crippen LogP contribution in [-0.4, -0.2) is 42.8 Å². The monoisotopic (exact) mass is 274 g/mol. The standard InChI is InChI=1S/C17H26N2O/c1-14-12-18-16(15-6-4-3-5-7-15)13-19(14)17(2)8-10-20-11-9-17/h3-7,14,16,18H,8-13H2,1-2H3. The number of benzene rings is 1. The van der Waals surface area contributed by atoms with E-state index in [9.17, 15) is 0 Å². The summed E-state index contributed by atoms with van der Waals surface area (Å²) in [7, 11) is 0. The molecule has 0 aliphatic carbocycles. The minimum Gasteiger partial charge on any atom is -0.381 e. The number of piperazine rings is 1. The average molecular weight is 274 g/mol. The van der Waals surface area contributed by atoms with Gasteiger partial charge in [-0.25, -0.2) is 0 Å². The van der Waals surface area contributed by atoms with E-state index in [1.807, 2.05) is 0 Å². The van der Waals surface area contributed by atoms with E-state index in [0.717, 1.165) is 39.1 Å². The predicted molar refractivity (Wildman–Crippen MR) is 81.8 cm³/mol. The summed E-state index contributed by atoms with van der Waals surface area (Å²) in [5.74, 6) is 0. The maximum absolute atomic E-state index is 5.56. The molecule has 3 heteroatoms. The molecule has 3 rings (SSSR count). The van der Waals surface area contributed by atoms with Gasteiger partial charge in [-0.3, -0.25) is 4.90 Å². The summed E-state index contributed by atoms with van der Waals surface area (Å²) in [6.45, 7) is 8.73. The van der Waals surface area contributed by atoms with Crippen LogP contribution in [0.15, 0.2) is 30.3 Å². The zero-order valence-electron chi connectivity index (χ0n) is 12.6. The van der Waals surface area contributed by atoms with E-state index in [2.05, 4.69) is 54.4 Å². The third-order valence-corrected chi connectivity index (χ3v) is 5.04. The quantitative estimate of drug-likeness (QED) is 0.897. The summed E-state index contributed by atoms with van der Waals surface area (Å²) in [4.78, 5) is 2.71. The highest BCUT2D eigenvalue weighted by molar-refractivity contribution is 5.20. The molecule has 1 aromatic rings. The Morgan fingerprint density at radius 3 is 2.60 bits per heavy atom. The van der Waals surface area contributed by atoms with Crippen molar-refractivity contribution in [3.63, 3.8) is 0 Å². The number of hydrogen-bond donors (Lipinski definition) is 1. The average Bonchev–Trinajstić information content (AvgIpc) is 2.49. The first-order chi connectivity index (χ1) is 9.69. The zero-order chi connectivity index (χ0) is 14.0. The van der Waals surface area contributed by atoms with Gasteiger partial charge in [-0.1, -0.05) is 30.3 Å². The molecule has 2 fully saturated rings. The third kappa shape index (κ3) is 2.76. The first-order valence-electron chi connectivity index (χ1n) is 7.82. The number of rotatable bonds is 2. The molecule has 0 spiro atoms. The van der Waals surface area contributed by atoms with E-state index >= 15 is 0 Å². The van der Waals surface area contributed by atoms with Gasteiger partial charge in [0, 0.05) is 43.9 Å². The minimum absolute atomic E-state index is 0.298. The molecule has 2 heterocycles. The van der Waals surface area contributed by atoms with Crippen molar-refractivity contribution in [3.05, 3.63) is 35.9 Å². The first-order valence-corrected chi connectivity index (χ1v) is 7.82. The molecule has 1 N–H and O–H groups in total. The van der Waals surface area contributed by atoms with Crippen LogP contribution >= 0.6 is 0 Å². The van der Waals surface area contributed by atoms with Crippen molar-refractivity contribution in [1.29, 1.82) is 0 Å². The fourth-order valence-electron chi connectivity index (χ4n) is 3.62. The van der Waals surface area contributed by atoms with Gasteiger partial charge in [0.25, 0.3) is 0 Å². The van der Waals surface area contributed by atoms with Gasteiger partial charge in [-0.2, -0.15) is 0 Å². The first kappa shape index (κ1) is 14.1. The fraction of sp³-hybridized carbons (Fsp3) is 0.647. The van der Waals surface area contributed by atoms with E-state index in [1.54, 1.807) is 0 Å². The molecule has 2 saturated heterocycles. The molecular formula is C17H26N2O. The third-order valence-electron chi connectivity index (χ3n) is 5.04. The number of ether oxygens (including phenoxy) is 1. The summed E-state index contributed by atoms with van der Waals surface area (Å²) < 4.78 is 5.56. The molecule has 20 heavy (non-hydrogen) atoms. The Hall–Kier alpha value is -0.900. The number of hydrogen-bond acceptors (Lipinski definition) is 3. The molecule has 0 radical (unpaired) electrons. The van der Waals surface area contributed by atoms with Crippen LogP contribution in [0.2, 0.25) is 0 Å². The molecule has 2 unspecified atom stereocenters. The van der Waals surface area contributed by atoms with Crippen molar-refractivity contribution in [2.45, 2.75) is 44.3 Å². The lowest BCUT2D eigenvalue weighted by atomic mass is 9.86. The van der Waals surface area contributed by atoms with Gasteiger partial charge in [0.15, 0.2) is 0 Å². The molecule has 0 saturated carbocycles. The second-order valence-corrected chi connectivity index (χ2v) is 6.48.